The number of halogens is 3. The number of pyridine rings is 1. The van der Waals surface area contributed by atoms with Crippen LogP contribution < -0.4 is 9.64 Å². The number of ether oxygens (including phenoxy) is 1. The number of anilines is 1. The van der Waals surface area contributed by atoms with E-state index >= 15 is 0 Å². The molecule has 1 saturated heterocycles. The van der Waals surface area contributed by atoms with Crippen LogP contribution in [0.2, 0.25) is 0 Å². The van der Waals surface area contributed by atoms with Gasteiger partial charge in [0.1, 0.15) is 11.8 Å². The molecular formula is C22H18F3N3O3. The first-order chi connectivity index (χ1) is 14.6. The molecule has 1 fully saturated rings. The largest absolute Gasteiger partial charge is 0.573 e. The molecule has 1 aromatic heterocycles. The number of carbonyl (C=O) groups is 2. The van der Waals surface area contributed by atoms with Crippen molar-refractivity contribution in [2.24, 2.45) is 0 Å². The summed E-state index contributed by atoms with van der Waals surface area (Å²) in [6, 6.07) is 11.0. The van der Waals surface area contributed by atoms with Crippen molar-refractivity contribution in [2.45, 2.75) is 32.8 Å². The molecule has 160 valence electrons. The normalized spacial score (nSPS) is 17.0. The Morgan fingerprint density at radius 2 is 1.77 bits per heavy atom. The average Bonchev–Trinajstić information content (AvgIpc) is 2.91. The van der Waals surface area contributed by atoms with E-state index in [-0.39, 0.29) is 12.2 Å². The number of imide groups is 1. The number of aryl methyl sites for hydroxylation is 1. The molecule has 31 heavy (non-hydrogen) atoms. The van der Waals surface area contributed by atoms with Crippen molar-refractivity contribution in [3.8, 4) is 5.75 Å². The quantitative estimate of drug-likeness (QED) is 0.559. The number of hydrogen-bond donors (Lipinski definition) is 0. The van der Waals surface area contributed by atoms with E-state index in [4.69, 9.17) is 0 Å². The topological polar surface area (TPSA) is 62.7 Å². The summed E-state index contributed by atoms with van der Waals surface area (Å²) in [5.74, 6) is -0.887. The maximum absolute atomic E-state index is 13.0. The number of aromatic nitrogens is 1. The Labute approximate surface area is 175 Å². The first-order valence-corrected chi connectivity index (χ1v) is 9.49. The number of fused-ring (bicyclic) bond motifs is 1. The SMILES string of the molecule is Cc1ccc2c(CN3C(=O)N(c4ccc(OC(F)(F)F)cc4)C(=O)C3C)ccnc2c1. The lowest BCUT2D eigenvalue weighted by atomic mass is 10.1. The fourth-order valence-electron chi connectivity index (χ4n) is 3.59. The second kappa shape index (κ2) is 7.57. The van der Waals surface area contributed by atoms with Crippen molar-refractivity contribution in [3.63, 3.8) is 0 Å². The van der Waals surface area contributed by atoms with Crippen molar-refractivity contribution in [2.75, 3.05) is 4.90 Å². The molecule has 3 amide bonds. The van der Waals surface area contributed by atoms with E-state index in [0.29, 0.717) is 0 Å². The van der Waals surface area contributed by atoms with Gasteiger partial charge >= 0.3 is 12.4 Å². The Hall–Kier alpha value is -3.62. The third kappa shape index (κ3) is 4.03. The smallest absolute Gasteiger partial charge is 0.406 e. The van der Waals surface area contributed by atoms with Crippen LogP contribution in [0.4, 0.5) is 23.7 Å². The van der Waals surface area contributed by atoms with Gasteiger partial charge in [-0.15, -0.1) is 13.2 Å². The number of urea groups is 1. The summed E-state index contributed by atoms with van der Waals surface area (Å²) >= 11 is 0. The van der Waals surface area contributed by atoms with Gasteiger partial charge in [-0.25, -0.2) is 9.69 Å². The molecule has 0 N–H and O–H groups in total. The van der Waals surface area contributed by atoms with E-state index in [1.807, 2.05) is 25.1 Å². The summed E-state index contributed by atoms with van der Waals surface area (Å²) in [4.78, 5) is 32.6. The van der Waals surface area contributed by atoms with Crippen LogP contribution in [0.15, 0.2) is 54.7 Å². The fourth-order valence-corrected chi connectivity index (χ4v) is 3.59. The van der Waals surface area contributed by atoms with Gasteiger partial charge in [-0.1, -0.05) is 12.1 Å². The Kier molecular flexibility index (Phi) is 5.04. The van der Waals surface area contributed by atoms with Crippen LogP contribution in [0.3, 0.4) is 0 Å². The van der Waals surface area contributed by atoms with Crippen LogP contribution in [0, 0.1) is 6.92 Å². The highest BCUT2D eigenvalue weighted by atomic mass is 19.4. The van der Waals surface area contributed by atoms with E-state index in [1.54, 1.807) is 19.2 Å². The number of amides is 3. The van der Waals surface area contributed by atoms with E-state index in [0.717, 1.165) is 39.1 Å². The van der Waals surface area contributed by atoms with Gasteiger partial charge in [0.05, 0.1) is 11.2 Å². The van der Waals surface area contributed by atoms with Crippen LogP contribution in [0.1, 0.15) is 18.1 Å². The third-order valence-electron chi connectivity index (χ3n) is 5.14. The summed E-state index contributed by atoms with van der Waals surface area (Å²) < 4.78 is 40.9. The standard InChI is InChI=1S/C22H18F3N3O3/c1-13-3-8-18-15(9-10-26-19(18)11-13)12-27-14(2)20(29)28(21(27)30)16-4-6-17(7-5-16)31-22(23,24)25/h3-11,14H,12H2,1-2H3. The maximum Gasteiger partial charge on any atom is 0.573 e. The Balaban J connectivity index is 1.60. The predicted octanol–water partition coefficient (Wildman–Crippen LogP) is 4.80. The molecule has 0 spiro atoms. The van der Waals surface area contributed by atoms with Crippen molar-refractivity contribution in [3.05, 3.63) is 65.9 Å². The summed E-state index contributed by atoms with van der Waals surface area (Å²) in [6.07, 6.45) is -3.17. The molecule has 0 saturated carbocycles. The Bertz CT molecular complexity index is 1160. The minimum absolute atomic E-state index is 0.175. The van der Waals surface area contributed by atoms with Gasteiger partial charge in [-0.3, -0.25) is 9.78 Å². The first kappa shape index (κ1) is 20.6. The van der Waals surface area contributed by atoms with Crippen molar-refractivity contribution in [1.29, 1.82) is 0 Å². The van der Waals surface area contributed by atoms with Crippen LogP contribution in [0.5, 0.6) is 5.75 Å². The second-order valence-electron chi connectivity index (χ2n) is 7.29. The van der Waals surface area contributed by atoms with Gasteiger partial charge in [0.2, 0.25) is 0 Å². The average molecular weight is 429 g/mol. The molecule has 2 heterocycles. The molecule has 4 rings (SSSR count). The summed E-state index contributed by atoms with van der Waals surface area (Å²) in [5.41, 5.74) is 2.87. The van der Waals surface area contributed by atoms with E-state index in [1.165, 1.54) is 17.0 Å². The van der Waals surface area contributed by atoms with Crippen LogP contribution in [-0.2, 0) is 11.3 Å². The highest BCUT2D eigenvalue weighted by Crippen LogP contribution is 2.30. The molecule has 2 aromatic carbocycles. The van der Waals surface area contributed by atoms with E-state index in [2.05, 4.69) is 9.72 Å². The second-order valence-corrected chi connectivity index (χ2v) is 7.29. The van der Waals surface area contributed by atoms with Gasteiger partial charge < -0.3 is 9.64 Å². The van der Waals surface area contributed by atoms with Gasteiger partial charge in [-0.05, 0) is 61.4 Å². The molecule has 0 bridgehead atoms. The Morgan fingerprint density at radius 3 is 2.45 bits per heavy atom. The van der Waals surface area contributed by atoms with Gasteiger partial charge in [0.25, 0.3) is 5.91 Å². The number of carbonyl (C=O) groups excluding carboxylic acids is 2. The molecule has 1 aliphatic heterocycles. The lowest BCUT2D eigenvalue weighted by molar-refractivity contribution is -0.274. The monoisotopic (exact) mass is 429 g/mol. The van der Waals surface area contributed by atoms with Crippen molar-refractivity contribution < 1.29 is 27.5 Å². The van der Waals surface area contributed by atoms with Crippen molar-refractivity contribution >= 4 is 28.5 Å². The highest BCUT2D eigenvalue weighted by Gasteiger charge is 2.43. The predicted molar refractivity (Wildman–Crippen MR) is 107 cm³/mol. The van der Waals surface area contributed by atoms with Crippen LogP contribution >= 0.6 is 0 Å². The molecular weight excluding hydrogens is 411 g/mol. The fraction of sp³-hybridized carbons (Fsp3) is 0.227. The molecule has 1 aliphatic rings. The van der Waals surface area contributed by atoms with E-state index in [9.17, 15) is 22.8 Å². The number of nitrogens with zero attached hydrogens (tertiary/aromatic N) is 3. The molecule has 6 nitrogen and oxygen atoms in total. The zero-order chi connectivity index (χ0) is 22.3. The third-order valence-corrected chi connectivity index (χ3v) is 5.14. The zero-order valence-corrected chi connectivity index (χ0v) is 16.7. The molecule has 0 radical (unpaired) electrons. The first-order valence-electron chi connectivity index (χ1n) is 9.49. The van der Waals surface area contributed by atoms with Crippen LogP contribution in [-0.4, -0.2) is 34.2 Å². The maximum atomic E-state index is 13.0. The molecule has 0 aliphatic carbocycles. The minimum Gasteiger partial charge on any atom is -0.406 e. The lowest BCUT2D eigenvalue weighted by Gasteiger charge is -2.20. The number of alkyl halides is 3. The minimum atomic E-state index is -4.82. The lowest BCUT2D eigenvalue weighted by Crippen LogP contribution is -2.33. The number of hydrogen-bond acceptors (Lipinski definition) is 4. The molecule has 9 heteroatoms. The van der Waals surface area contributed by atoms with Crippen LogP contribution in [0.25, 0.3) is 10.9 Å². The van der Waals surface area contributed by atoms with Crippen molar-refractivity contribution in [1.82, 2.24) is 9.88 Å². The molecule has 1 unspecified atom stereocenters. The zero-order valence-electron chi connectivity index (χ0n) is 16.7. The summed E-state index contributed by atoms with van der Waals surface area (Å²) in [7, 11) is 0. The van der Waals surface area contributed by atoms with Gasteiger partial charge in [0.15, 0.2) is 0 Å². The number of benzene rings is 2. The van der Waals surface area contributed by atoms with Gasteiger partial charge in [0, 0.05) is 18.1 Å². The summed E-state index contributed by atoms with van der Waals surface area (Å²) in [5, 5.41) is 0.882. The number of rotatable bonds is 4. The van der Waals surface area contributed by atoms with Gasteiger partial charge in [-0.2, -0.15) is 0 Å². The highest BCUT2D eigenvalue weighted by molar-refractivity contribution is 6.21. The van der Waals surface area contributed by atoms with E-state index < -0.39 is 30.1 Å². The summed E-state index contributed by atoms with van der Waals surface area (Å²) in [6.45, 7) is 3.77. The molecule has 1 atom stereocenters. The molecule has 3 aromatic rings. The Morgan fingerprint density at radius 1 is 1.06 bits per heavy atom.